The number of nitrogens with one attached hydrogen (secondary N) is 1. The summed E-state index contributed by atoms with van der Waals surface area (Å²) < 4.78 is 16.4. The predicted octanol–water partition coefficient (Wildman–Crippen LogP) is 5.30. The summed E-state index contributed by atoms with van der Waals surface area (Å²) in [6, 6.07) is 16.6. The Hall–Kier alpha value is -3.78. The van der Waals surface area contributed by atoms with Crippen molar-refractivity contribution < 1.29 is 19.0 Å². The molecule has 7 nitrogen and oxygen atoms in total. The van der Waals surface area contributed by atoms with E-state index in [1.54, 1.807) is 45.4 Å². The summed E-state index contributed by atoms with van der Waals surface area (Å²) in [4.78, 5) is 22.4. The number of carbonyl (C=O) groups excluding carboxylic acids is 1. The van der Waals surface area contributed by atoms with Crippen LogP contribution in [0, 0.1) is 0 Å². The monoisotopic (exact) mass is 461 g/mol. The number of fused-ring (bicyclic) bond motifs is 1. The van der Waals surface area contributed by atoms with E-state index in [0.717, 1.165) is 16.0 Å². The minimum Gasteiger partial charge on any atom is -0.493 e. The third-order valence-corrected chi connectivity index (χ3v) is 5.78. The SMILES string of the molecule is COc1cc(-c2cc(C(=O)Nc3ccc(SC)nc3)c3ccccc3n2)cc(OC)c1OC. The lowest BCUT2D eigenvalue weighted by Crippen LogP contribution is -2.13. The predicted molar refractivity (Wildman–Crippen MR) is 131 cm³/mol. The number of benzene rings is 2. The summed E-state index contributed by atoms with van der Waals surface area (Å²) in [5.41, 5.74) is 3.15. The highest BCUT2D eigenvalue weighted by Crippen LogP contribution is 2.41. The number of hydrogen-bond donors (Lipinski definition) is 1. The van der Waals surface area contributed by atoms with Gasteiger partial charge in [0.05, 0.1) is 55.0 Å². The molecule has 1 N–H and O–H groups in total. The summed E-state index contributed by atoms with van der Waals surface area (Å²) in [6.07, 6.45) is 3.60. The molecule has 8 heteroatoms. The molecule has 0 aliphatic rings. The number of aromatic nitrogens is 2. The number of rotatable bonds is 7. The average Bonchev–Trinajstić information content (AvgIpc) is 2.87. The van der Waals surface area contributed by atoms with Gasteiger partial charge in [0, 0.05) is 10.9 Å². The van der Waals surface area contributed by atoms with Gasteiger partial charge in [-0.1, -0.05) is 18.2 Å². The van der Waals surface area contributed by atoms with Crippen molar-refractivity contribution in [1.82, 2.24) is 9.97 Å². The number of thioether (sulfide) groups is 1. The van der Waals surface area contributed by atoms with Gasteiger partial charge in [-0.3, -0.25) is 4.79 Å². The van der Waals surface area contributed by atoms with Crippen molar-refractivity contribution in [3.8, 4) is 28.5 Å². The number of pyridine rings is 2. The van der Waals surface area contributed by atoms with Crippen molar-refractivity contribution in [2.75, 3.05) is 32.9 Å². The maximum atomic E-state index is 13.3. The molecule has 168 valence electrons. The first kappa shape index (κ1) is 22.4. The van der Waals surface area contributed by atoms with Crippen LogP contribution in [0.15, 0.2) is 65.8 Å². The van der Waals surface area contributed by atoms with Gasteiger partial charge in [-0.15, -0.1) is 11.8 Å². The van der Waals surface area contributed by atoms with Gasteiger partial charge in [-0.2, -0.15) is 0 Å². The van der Waals surface area contributed by atoms with Crippen LogP contribution in [-0.2, 0) is 0 Å². The van der Waals surface area contributed by atoms with E-state index >= 15 is 0 Å². The van der Waals surface area contributed by atoms with Gasteiger partial charge in [0.1, 0.15) is 0 Å². The summed E-state index contributed by atoms with van der Waals surface area (Å²) in [5, 5.41) is 4.57. The number of anilines is 1. The molecule has 2 aromatic heterocycles. The van der Waals surface area contributed by atoms with Crippen LogP contribution in [0.2, 0.25) is 0 Å². The van der Waals surface area contributed by atoms with Gasteiger partial charge in [-0.25, -0.2) is 9.97 Å². The molecule has 0 atom stereocenters. The quantitative estimate of drug-likeness (QED) is 0.374. The Morgan fingerprint density at radius 3 is 2.27 bits per heavy atom. The summed E-state index contributed by atoms with van der Waals surface area (Å²) >= 11 is 1.54. The Labute approximate surface area is 196 Å². The highest BCUT2D eigenvalue weighted by molar-refractivity contribution is 7.98. The van der Waals surface area contributed by atoms with Crippen LogP contribution < -0.4 is 19.5 Å². The number of hydrogen-bond acceptors (Lipinski definition) is 7. The second kappa shape index (κ2) is 9.79. The maximum absolute atomic E-state index is 13.3. The Balaban J connectivity index is 1.81. The standard InChI is InChI=1S/C25H23N3O4S/c1-30-21-11-15(12-22(31-2)24(21)32-3)20-13-18(17-7-5-6-8-19(17)28-20)25(29)27-16-9-10-23(33-4)26-14-16/h5-14H,1-4H3,(H,27,29). The maximum Gasteiger partial charge on any atom is 0.256 e. The van der Waals surface area contributed by atoms with Gasteiger partial charge < -0.3 is 19.5 Å². The van der Waals surface area contributed by atoms with Gasteiger partial charge in [0.25, 0.3) is 5.91 Å². The zero-order valence-electron chi connectivity index (χ0n) is 18.7. The topological polar surface area (TPSA) is 82.6 Å². The van der Waals surface area contributed by atoms with Crippen molar-refractivity contribution in [2.24, 2.45) is 0 Å². The molecule has 2 heterocycles. The molecule has 0 bridgehead atoms. The first-order chi connectivity index (χ1) is 16.1. The number of ether oxygens (including phenoxy) is 3. The summed E-state index contributed by atoms with van der Waals surface area (Å²) in [5.74, 6) is 1.25. The largest absolute Gasteiger partial charge is 0.493 e. The molecular weight excluding hydrogens is 438 g/mol. The highest BCUT2D eigenvalue weighted by Gasteiger charge is 2.18. The Kier molecular flexibility index (Phi) is 6.65. The summed E-state index contributed by atoms with van der Waals surface area (Å²) in [7, 11) is 4.67. The first-order valence-electron chi connectivity index (χ1n) is 10.1. The molecular formula is C25H23N3O4S. The van der Waals surface area contributed by atoms with Crippen molar-refractivity contribution in [2.45, 2.75) is 5.03 Å². The van der Waals surface area contributed by atoms with Crippen molar-refractivity contribution in [1.29, 1.82) is 0 Å². The van der Waals surface area contributed by atoms with Crippen LogP contribution >= 0.6 is 11.8 Å². The van der Waals surface area contributed by atoms with Crippen molar-refractivity contribution in [3.63, 3.8) is 0 Å². The Morgan fingerprint density at radius 1 is 0.939 bits per heavy atom. The fraction of sp³-hybridized carbons (Fsp3) is 0.160. The van der Waals surface area contributed by atoms with E-state index in [2.05, 4.69) is 10.3 Å². The Morgan fingerprint density at radius 2 is 1.67 bits per heavy atom. The van der Waals surface area contributed by atoms with Crippen molar-refractivity contribution in [3.05, 3.63) is 66.4 Å². The third-order valence-electron chi connectivity index (χ3n) is 5.12. The lowest BCUT2D eigenvalue weighted by Gasteiger charge is -2.15. The third kappa shape index (κ3) is 4.56. The molecule has 0 unspecified atom stereocenters. The Bertz CT molecular complexity index is 1280. The number of carbonyl (C=O) groups is 1. The first-order valence-corrected chi connectivity index (χ1v) is 11.3. The van der Waals surface area contributed by atoms with Crippen LogP contribution in [-0.4, -0.2) is 43.5 Å². The molecule has 33 heavy (non-hydrogen) atoms. The zero-order valence-corrected chi connectivity index (χ0v) is 19.5. The molecule has 0 spiro atoms. The molecule has 0 saturated carbocycles. The number of amides is 1. The van der Waals surface area contributed by atoms with Crippen molar-refractivity contribution >= 4 is 34.3 Å². The van der Waals surface area contributed by atoms with E-state index in [9.17, 15) is 4.79 Å². The van der Waals surface area contributed by atoms with Crippen LogP contribution in [0.4, 0.5) is 5.69 Å². The highest BCUT2D eigenvalue weighted by atomic mass is 32.2. The second-order valence-corrected chi connectivity index (χ2v) is 7.86. The molecule has 1 amide bonds. The molecule has 0 saturated heterocycles. The smallest absolute Gasteiger partial charge is 0.256 e. The number of methoxy groups -OCH3 is 3. The van der Waals surface area contributed by atoms with E-state index in [1.807, 2.05) is 54.8 Å². The van der Waals surface area contributed by atoms with Crippen LogP contribution in [0.3, 0.4) is 0 Å². The fourth-order valence-corrected chi connectivity index (χ4v) is 3.88. The zero-order chi connectivity index (χ0) is 23.4. The molecule has 0 aliphatic heterocycles. The lowest BCUT2D eigenvalue weighted by atomic mass is 10.0. The molecule has 0 fully saturated rings. The second-order valence-electron chi connectivity index (χ2n) is 7.03. The number of para-hydroxylation sites is 1. The van der Waals surface area contributed by atoms with E-state index < -0.39 is 0 Å². The van der Waals surface area contributed by atoms with Crippen LogP contribution in [0.1, 0.15) is 10.4 Å². The van der Waals surface area contributed by atoms with E-state index in [1.165, 1.54) is 0 Å². The van der Waals surface area contributed by atoms with E-state index in [4.69, 9.17) is 19.2 Å². The van der Waals surface area contributed by atoms with Gasteiger partial charge in [0.15, 0.2) is 11.5 Å². The molecule has 4 aromatic rings. The minimum absolute atomic E-state index is 0.249. The number of nitrogens with zero attached hydrogens (tertiary/aromatic N) is 2. The van der Waals surface area contributed by atoms with Gasteiger partial charge in [0.2, 0.25) is 5.75 Å². The lowest BCUT2D eigenvalue weighted by molar-refractivity contribution is 0.102. The average molecular weight is 462 g/mol. The molecule has 0 radical (unpaired) electrons. The molecule has 2 aromatic carbocycles. The van der Waals surface area contributed by atoms with Gasteiger partial charge in [-0.05, 0) is 42.7 Å². The minimum atomic E-state index is -0.249. The van der Waals surface area contributed by atoms with E-state index in [-0.39, 0.29) is 5.91 Å². The molecule has 4 rings (SSSR count). The normalized spacial score (nSPS) is 10.7. The molecule has 0 aliphatic carbocycles. The van der Waals surface area contributed by atoms with Crippen LogP contribution in [0.25, 0.3) is 22.2 Å². The van der Waals surface area contributed by atoms with E-state index in [0.29, 0.717) is 39.7 Å². The fourth-order valence-electron chi connectivity index (χ4n) is 3.51. The van der Waals surface area contributed by atoms with Gasteiger partial charge >= 0.3 is 0 Å². The summed E-state index contributed by atoms with van der Waals surface area (Å²) in [6.45, 7) is 0. The van der Waals surface area contributed by atoms with Crippen LogP contribution in [0.5, 0.6) is 17.2 Å².